The van der Waals surface area contributed by atoms with E-state index in [9.17, 15) is 4.79 Å². The van der Waals surface area contributed by atoms with Crippen LogP contribution in [0.4, 0.5) is 0 Å². The third-order valence-electron chi connectivity index (χ3n) is 5.64. The molecule has 0 aromatic rings. The smallest absolute Gasteiger partial charge is 0.139 e. The fourth-order valence-corrected chi connectivity index (χ4v) is 4.39. The van der Waals surface area contributed by atoms with Gasteiger partial charge < -0.3 is 9.47 Å². The van der Waals surface area contributed by atoms with E-state index in [1.54, 1.807) is 0 Å². The second-order valence-electron chi connectivity index (χ2n) is 7.20. The Balaban J connectivity index is 1.62. The van der Waals surface area contributed by atoms with Crippen LogP contribution in [0, 0.1) is 17.8 Å². The van der Waals surface area contributed by atoms with Crippen molar-refractivity contribution in [2.45, 2.75) is 63.9 Å². The Morgan fingerprint density at radius 3 is 2.60 bits per heavy atom. The molecule has 0 bridgehead atoms. The Hall–Kier alpha value is -0.410. The summed E-state index contributed by atoms with van der Waals surface area (Å²) >= 11 is 0. The third kappa shape index (κ3) is 3.09. The van der Waals surface area contributed by atoms with Gasteiger partial charge in [0.25, 0.3) is 0 Å². The molecule has 0 radical (unpaired) electrons. The first-order valence-corrected chi connectivity index (χ1v) is 8.44. The molecule has 1 spiro atoms. The number of Topliss-reactive ketones (excluding diaryl/α,β-unsaturated/α-hetero) is 1. The van der Waals surface area contributed by atoms with Gasteiger partial charge in [0.15, 0.2) is 0 Å². The van der Waals surface area contributed by atoms with Gasteiger partial charge in [0.05, 0.1) is 5.60 Å². The van der Waals surface area contributed by atoms with Crippen molar-refractivity contribution < 1.29 is 14.3 Å². The van der Waals surface area contributed by atoms with Crippen molar-refractivity contribution in [2.24, 2.45) is 17.8 Å². The summed E-state index contributed by atoms with van der Waals surface area (Å²) in [6, 6.07) is 0. The maximum atomic E-state index is 12.8. The topological polar surface area (TPSA) is 35.5 Å². The molecule has 3 nitrogen and oxygen atoms in total. The van der Waals surface area contributed by atoms with Crippen molar-refractivity contribution in [1.82, 2.24) is 0 Å². The van der Waals surface area contributed by atoms with Crippen LogP contribution in [0.25, 0.3) is 0 Å². The van der Waals surface area contributed by atoms with Gasteiger partial charge in [-0.15, -0.1) is 0 Å². The largest absolute Gasteiger partial charge is 0.381 e. The molecule has 3 atom stereocenters. The predicted octanol–water partition coefficient (Wildman–Crippen LogP) is 3.36. The van der Waals surface area contributed by atoms with E-state index in [1.807, 2.05) is 0 Å². The van der Waals surface area contributed by atoms with Gasteiger partial charge in [-0.3, -0.25) is 4.79 Å². The van der Waals surface area contributed by atoms with Gasteiger partial charge in [0.2, 0.25) is 0 Å². The molecule has 0 N–H and O–H groups in total. The summed E-state index contributed by atoms with van der Waals surface area (Å²) in [5.74, 6) is 1.86. The highest BCUT2D eigenvalue weighted by atomic mass is 16.5. The second-order valence-corrected chi connectivity index (χ2v) is 7.20. The molecule has 2 aliphatic heterocycles. The highest BCUT2D eigenvalue weighted by molar-refractivity contribution is 5.83. The molecule has 3 unspecified atom stereocenters. The lowest BCUT2D eigenvalue weighted by molar-refractivity contribution is -0.159. The molecule has 20 heavy (non-hydrogen) atoms. The number of ketones is 1. The summed E-state index contributed by atoms with van der Waals surface area (Å²) in [6.07, 6.45) is 8.60. The van der Waals surface area contributed by atoms with Crippen molar-refractivity contribution in [3.63, 3.8) is 0 Å². The van der Waals surface area contributed by atoms with E-state index >= 15 is 0 Å². The van der Waals surface area contributed by atoms with Gasteiger partial charge in [-0.25, -0.2) is 0 Å². The number of hydrogen-bond donors (Lipinski definition) is 0. The third-order valence-corrected chi connectivity index (χ3v) is 5.64. The lowest BCUT2D eigenvalue weighted by atomic mass is 9.72. The molecule has 1 saturated carbocycles. The average Bonchev–Trinajstić information content (AvgIpc) is 2.47. The monoisotopic (exact) mass is 280 g/mol. The van der Waals surface area contributed by atoms with Crippen molar-refractivity contribution in [1.29, 1.82) is 0 Å². The maximum absolute atomic E-state index is 12.8. The zero-order valence-electron chi connectivity index (χ0n) is 12.7. The first-order valence-electron chi connectivity index (χ1n) is 8.44. The zero-order chi connectivity index (χ0) is 14.0. The maximum Gasteiger partial charge on any atom is 0.139 e. The molecular formula is C17H28O3. The number of hydrogen-bond acceptors (Lipinski definition) is 3. The first kappa shape index (κ1) is 14.5. The van der Waals surface area contributed by atoms with Gasteiger partial charge in [-0.1, -0.05) is 19.8 Å². The summed E-state index contributed by atoms with van der Waals surface area (Å²) in [4.78, 5) is 12.8. The zero-order valence-corrected chi connectivity index (χ0v) is 12.7. The molecule has 3 aliphatic rings. The average molecular weight is 280 g/mol. The molecule has 3 heteroatoms. The fraction of sp³-hybridized carbons (Fsp3) is 0.941. The Labute approximate surface area is 122 Å². The molecule has 2 saturated heterocycles. The predicted molar refractivity (Wildman–Crippen MR) is 77.6 cm³/mol. The molecule has 0 aromatic carbocycles. The number of rotatable bonds is 2. The summed E-state index contributed by atoms with van der Waals surface area (Å²) in [7, 11) is 0. The SMILES string of the molecule is CC1CCCC(C(=O)C2CCOC3(CCOCC3)C2)C1. The van der Waals surface area contributed by atoms with E-state index in [0.717, 1.165) is 64.3 Å². The van der Waals surface area contributed by atoms with Gasteiger partial charge >= 0.3 is 0 Å². The van der Waals surface area contributed by atoms with E-state index in [0.29, 0.717) is 11.7 Å². The van der Waals surface area contributed by atoms with E-state index in [4.69, 9.17) is 9.47 Å². The molecule has 2 heterocycles. The molecular weight excluding hydrogens is 252 g/mol. The number of carbonyl (C=O) groups is 1. The van der Waals surface area contributed by atoms with E-state index in [-0.39, 0.29) is 11.5 Å². The van der Waals surface area contributed by atoms with E-state index < -0.39 is 0 Å². The Bertz CT molecular complexity index is 341. The van der Waals surface area contributed by atoms with Crippen molar-refractivity contribution in [2.75, 3.05) is 19.8 Å². The van der Waals surface area contributed by atoms with Gasteiger partial charge in [0, 0.05) is 31.7 Å². The fourth-order valence-electron chi connectivity index (χ4n) is 4.39. The Kier molecular flexibility index (Phi) is 4.46. The van der Waals surface area contributed by atoms with Crippen LogP contribution in [-0.2, 0) is 14.3 Å². The minimum Gasteiger partial charge on any atom is -0.381 e. The molecule has 114 valence electrons. The van der Waals surface area contributed by atoms with Crippen LogP contribution in [0.3, 0.4) is 0 Å². The Morgan fingerprint density at radius 2 is 1.85 bits per heavy atom. The van der Waals surface area contributed by atoms with Gasteiger partial charge in [-0.2, -0.15) is 0 Å². The van der Waals surface area contributed by atoms with Crippen LogP contribution in [0.15, 0.2) is 0 Å². The molecule has 0 amide bonds. The Morgan fingerprint density at radius 1 is 1.05 bits per heavy atom. The molecule has 3 rings (SSSR count). The lowest BCUT2D eigenvalue weighted by Crippen LogP contribution is -2.46. The van der Waals surface area contributed by atoms with Crippen molar-refractivity contribution in [3.05, 3.63) is 0 Å². The van der Waals surface area contributed by atoms with Gasteiger partial charge in [-0.05, 0) is 44.4 Å². The summed E-state index contributed by atoms with van der Waals surface area (Å²) in [6.45, 7) is 4.64. The van der Waals surface area contributed by atoms with Crippen LogP contribution >= 0.6 is 0 Å². The molecule has 1 aliphatic carbocycles. The summed E-state index contributed by atoms with van der Waals surface area (Å²) in [5.41, 5.74) is -0.0445. The van der Waals surface area contributed by atoms with Crippen molar-refractivity contribution in [3.8, 4) is 0 Å². The van der Waals surface area contributed by atoms with Gasteiger partial charge in [0.1, 0.15) is 5.78 Å². The highest BCUT2D eigenvalue weighted by Gasteiger charge is 2.42. The minimum atomic E-state index is -0.0445. The molecule has 3 fully saturated rings. The molecule has 0 aromatic heterocycles. The first-order chi connectivity index (χ1) is 9.69. The normalized spacial score (nSPS) is 37.8. The van der Waals surface area contributed by atoms with E-state index in [1.165, 1.54) is 12.8 Å². The van der Waals surface area contributed by atoms with Crippen LogP contribution in [0.2, 0.25) is 0 Å². The summed E-state index contributed by atoms with van der Waals surface area (Å²) in [5, 5.41) is 0. The second kappa shape index (κ2) is 6.15. The quantitative estimate of drug-likeness (QED) is 0.778. The number of carbonyl (C=O) groups excluding carboxylic acids is 1. The lowest BCUT2D eigenvalue weighted by Gasteiger charge is -2.43. The summed E-state index contributed by atoms with van der Waals surface area (Å²) < 4.78 is 11.5. The van der Waals surface area contributed by atoms with Crippen LogP contribution in [-0.4, -0.2) is 31.2 Å². The standard InChI is InChI=1S/C17H28O3/c1-13-3-2-4-14(11-13)16(18)15-5-8-20-17(12-15)6-9-19-10-7-17/h13-15H,2-12H2,1H3. The van der Waals surface area contributed by atoms with Crippen LogP contribution < -0.4 is 0 Å². The van der Waals surface area contributed by atoms with Crippen LogP contribution in [0.5, 0.6) is 0 Å². The minimum absolute atomic E-state index is 0.0445. The van der Waals surface area contributed by atoms with E-state index in [2.05, 4.69) is 6.92 Å². The number of ether oxygens (including phenoxy) is 2. The highest BCUT2D eigenvalue weighted by Crippen LogP contribution is 2.40. The van der Waals surface area contributed by atoms with Crippen molar-refractivity contribution >= 4 is 5.78 Å². The van der Waals surface area contributed by atoms with Crippen LogP contribution in [0.1, 0.15) is 58.3 Å².